The van der Waals surface area contributed by atoms with Crippen LogP contribution in [-0.2, 0) is 17.6 Å². The van der Waals surface area contributed by atoms with Crippen LogP contribution < -0.4 is 0 Å². The first-order valence-electron chi connectivity index (χ1n) is 8.66. The first-order valence-corrected chi connectivity index (χ1v) is 8.66. The standard InChI is InChI=1S/C20H23FN2O/c21-19-6-2-1-4-17(19)8-10-20(24)23-15-3-5-18(23)9-7-16-11-13-22-14-12-16/h1-2,4,6,11-14,18H,3,5,7-10,15H2/t18-/m0/s1. The van der Waals surface area contributed by atoms with E-state index < -0.39 is 0 Å². The maximum absolute atomic E-state index is 13.7. The van der Waals surface area contributed by atoms with E-state index in [2.05, 4.69) is 4.98 Å². The van der Waals surface area contributed by atoms with Crippen molar-refractivity contribution >= 4 is 5.91 Å². The molecule has 1 saturated heterocycles. The summed E-state index contributed by atoms with van der Waals surface area (Å²) in [5.74, 6) is -0.0727. The lowest BCUT2D eigenvalue weighted by Crippen LogP contribution is -2.36. The number of likely N-dealkylation sites (tertiary alicyclic amines) is 1. The van der Waals surface area contributed by atoms with Crippen molar-refractivity contribution in [1.29, 1.82) is 0 Å². The molecule has 0 radical (unpaired) electrons. The van der Waals surface area contributed by atoms with Crippen LogP contribution in [0.4, 0.5) is 4.39 Å². The molecule has 0 unspecified atom stereocenters. The van der Waals surface area contributed by atoms with Gasteiger partial charge in [0.15, 0.2) is 0 Å². The molecular formula is C20H23FN2O. The summed E-state index contributed by atoms with van der Waals surface area (Å²) in [4.78, 5) is 18.6. The molecule has 126 valence electrons. The Morgan fingerprint density at radius 2 is 1.96 bits per heavy atom. The summed E-state index contributed by atoms with van der Waals surface area (Å²) in [5, 5.41) is 0. The molecule has 2 heterocycles. The molecule has 0 aliphatic carbocycles. The third-order valence-electron chi connectivity index (χ3n) is 4.78. The Kier molecular flexibility index (Phi) is 5.57. The van der Waals surface area contributed by atoms with E-state index in [1.54, 1.807) is 24.5 Å². The van der Waals surface area contributed by atoms with Crippen LogP contribution in [0.2, 0.25) is 0 Å². The number of halogens is 1. The summed E-state index contributed by atoms with van der Waals surface area (Å²) >= 11 is 0. The predicted octanol–water partition coefficient (Wildman–Crippen LogP) is 3.78. The van der Waals surface area contributed by atoms with Gasteiger partial charge >= 0.3 is 0 Å². The van der Waals surface area contributed by atoms with Crippen LogP contribution in [0, 0.1) is 5.82 Å². The van der Waals surface area contributed by atoms with Crippen LogP contribution in [-0.4, -0.2) is 28.4 Å². The van der Waals surface area contributed by atoms with Gasteiger partial charge in [-0.05, 0) is 61.4 Å². The normalized spacial score (nSPS) is 17.2. The molecule has 1 aromatic heterocycles. The zero-order chi connectivity index (χ0) is 16.8. The fraction of sp³-hybridized carbons (Fsp3) is 0.400. The van der Waals surface area contributed by atoms with Crippen molar-refractivity contribution < 1.29 is 9.18 Å². The highest BCUT2D eigenvalue weighted by Crippen LogP contribution is 2.23. The Labute approximate surface area is 142 Å². The average Bonchev–Trinajstić information content (AvgIpc) is 3.08. The molecule has 1 aliphatic heterocycles. The Bertz CT molecular complexity index is 674. The maximum Gasteiger partial charge on any atom is 0.223 e. The van der Waals surface area contributed by atoms with Crippen molar-refractivity contribution in [1.82, 2.24) is 9.88 Å². The molecular weight excluding hydrogens is 303 g/mol. The Balaban J connectivity index is 1.52. The van der Waals surface area contributed by atoms with Gasteiger partial charge in [-0.15, -0.1) is 0 Å². The minimum absolute atomic E-state index is 0.149. The van der Waals surface area contributed by atoms with E-state index in [1.807, 2.05) is 23.1 Å². The van der Waals surface area contributed by atoms with E-state index in [9.17, 15) is 9.18 Å². The van der Waals surface area contributed by atoms with E-state index in [0.717, 1.165) is 32.2 Å². The number of benzene rings is 1. The number of hydrogen-bond donors (Lipinski definition) is 0. The number of carbonyl (C=O) groups excluding carboxylic acids is 1. The molecule has 0 saturated carbocycles. The summed E-state index contributed by atoms with van der Waals surface area (Å²) < 4.78 is 13.7. The summed E-state index contributed by atoms with van der Waals surface area (Å²) in [6.45, 7) is 0.830. The molecule has 4 heteroatoms. The summed E-state index contributed by atoms with van der Waals surface area (Å²) in [6.07, 6.45) is 8.54. The largest absolute Gasteiger partial charge is 0.340 e. The summed E-state index contributed by atoms with van der Waals surface area (Å²) in [5.41, 5.74) is 1.88. The number of aromatic nitrogens is 1. The number of pyridine rings is 1. The molecule has 1 fully saturated rings. The maximum atomic E-state index is 13.7. The number of nitrogens with zero attached hydrogens (tertiary/aromatic N) is 2. The number of hydrogen-bond acceptors (Lipinski definition) is 2. The van der Waals surface area contributed by atoms with Gasteiger partial charge in [0, 0.05) is 31.4 Å². The monoisotopic (exact) mass is 326 g/mol. The fourth-order valence-electron chi connectivity index (χ4n) is 3.43. The van der Waals surface area contributed by atoms with Gasteiger partial charge in [0.25, 0.3) is 0 Å². The van der Waals surface area contributed by atoms with Crippen molar-refractivity contribution in [3.8, 4) is 0 Å². The lowest BCUT2D eigenvalue weighted by molar-refractivity contribution is -0.132. The van der Waals surface area contributed by atoms with Crippen LogP contribution in [0.5, 0.6) is 0 Å². The van der Waals surface area contributed by atoms with Gasteiger partial charge < -0.3 is 4.90 Å². The van der Waals surface area contributed by atoms with Gasteiger partial charge in [-0.3, -0.25) is 9.78 Å². The second-order valence-electron chi connectivity index (χ2n) is 6.37. The molecule has 0 spiro atoms. The highest BCUT2D eigenvalue weighted by molar-refractivity contribution is 5.77. The van der Waals surface area contributed by atoms with Gasteiger partial charge in [-0.25, -0.2) is 4.39 Å². The van der Waals surface area contributed by atoms with E-state index >= 15 is 0 Å². The molecule has 3 rings (SSSR count). The van der Waals surface area contributed by atoms with Crippen LogP contribution in [0.1, 0.15) is 36.8 Å². The first kappa shape index (κ1) is 16.6. The second kappa shape index (κ2) is 8.04. The van der Waals surface area contributed by atoms with Gasteiger partial charge in [0.1, 0.15) is 5.82 Å². The zero-order valence-electron chi connectivity index (χ0n) is 13.8. The SMILES string of the molecule is O=C(CCc1ccccc1F)N1CCC[C@H]1CCc1ccncc1. The van der Waals surface area contributed by atoms with Crippen molar-refractivity contribution in [2.75, 3.05) is 6.54 Å². The molecule has 1 aliphatic rings. The molecule has 1 aromatic carbocycles. The minimum atomic E-state index is -0.221. The highest BCUT2D eigenvalue weighted by Gasteiger charge is 2.28. The van der Waals surface area contributed by atoms with Crippen molar-refractivity contribution in [2.45, 2.75) is 44.6 Å². The van der Waals surface area contributed by atoms with Gasteiger partial charge in [0.05, 0.1) is 0 Å². The third-order valence-corrected chi connectivity index (χ3v) is 4.78. The van der Waals surface area contributed by atoms with Gasteiger partial charge in [0.2, 0.25) is 5.91 Å². The van der Waals surface area contributed by atoms with Gasteiger partial charge in [-0.1, -0.05) is 18.2 Å². The predicted molar refractivity (Wildman–Crippen MR) is 92.0 cm³/mol. The lowest BCUT2D eigenvalue weighted by Gasteiger charge is -2.25. The smallest absolute Gasteiger partial charge is 0.223 e. The highest BCUT2D eigenvalue weighted by atomic mass is 19.1. The number of rotatable bonds is 6. The molecule has 3 nitrogen and oxygen atoms in total. The lowest BCUT2D eigenvalue weighted by atomic mass is 10.0. The first-order chi connectivity index (χ1) is 11.7. The molecule has 1 amide bonds. The van der Waals surface area contributed by atoms with Crippen LogP contribution >= 0.6 is 0 Å². The Morgan fingerprint density at radius 3 is 2.75 bits per heavy atom. The Hall–Kier alpha value is -2.23. The van der Waals surface area contributed by atoms with Crippen LogP contribution in [0.25, 0.3) is 0 Å². The quantitative estimate of drug-likeness (QED) is 0.809. The van der Waals surface area contributed by atoms with Crippen molar-refractivity contribution in [3.05, 3.63) is 65.7 Å². The average molecular weight is 326 g/mol. The van der Waals surface area contributed by atoms with E-state index in [1.165, 1.54) is 11.6 Å². The zero-order valence-corrected chi connectivity index (χ0v) is 13.8. The van der Waals surface area contributed by atoms with Crippen LogP contribution in [0.15, 0.2) is 48.8 Å². The van der Waals surface area contributed by atoms with Gasteiger partial charge in [-0.2, -0.15) is 0 Å². The van der Waals surface area contributed by atoms with Crippen molar-refractivity contribution in [2.24, 2.45) is 0 Å². The molecule has 0 N–H and O–H groups in total. The topological polar surface area (TPSA) is 33.2 Å². The molecule has 0 bridgehead atoms. The van der Waals surface area contributed by atoms with Crippen molar-refractivity contribution in [3.63, 3.8) is 0 Å². The third kappa shape index (κ3) is 4.19. The van der Waals surface area contributed by atoms with E-state index in [4.69, 9.17) is 0 Å². The summed E-state index contributed by atoms with van der Waals surface area (Å²) in [6, 6.07) is 11.1. The summed E-state index contributed by atoms with van der Waals surface area (Å²) in [7, 11) is 0. The van der Waals surface area contributed by atoms with E-state index in [-0.39, 0.29) is 11.7 Å². The van der Waals surface area contributed by atoms with Crippen LogP contribution in [0.3, 0.4) is 0 Å². The van der Waals surface area contributed by atoms with E-state index in [0.29, 0.717) is 24.4 Å². The molecule has 1 atom stereocenters. The number of amides is 1. The fourth-order valence-corrected chi connectivity index (χ4v) is 3.43. The molecule has 2 aromatic rings. The second-order valence-corrected chi connectivity index (χ2v) is 6.37. The molecule has 24 heavy (non-hydrogen) atoms. The number of aryl methyl sites for hydroxylation is 2. The number of carbonyl (C=O) groups is 1. The minimum Gasteiger partial charge on any atom is -0.340 e. The Morgan fingerprint density at radius 1 is 1.17 bits per heavy atom.